The second-order valence-corrected chi connectivity index (χ2v) is 3.51. The molecule has 1 amide bonds. The Bertz CT molecular complexity index is 295. The van der Waals surface area contributed by atoms with Gasteiger partial charge in [0.05, 0.1) is 6.20 Å². The number of carbonyl (C=O) groups excluding carboxylic acids is 1. The molecule has 2 rings (SSSR count). The van der Waals surface area contributed by atoms with E-state index in [4.69, 9.17) is 4.42 Å². The Morgan fingerprint density at radius 2 is 2.62 bits per heavy atom. The summed E-state index contributed by atoms with van der Waals surface area (Å²) < 4.78 is 4.94. The van der Waals surface area contributed by atoms with E-state index >= 15 is 0 Å². The lowest BCUT2D eigenvalue weighted by Crippen LogP contribution is -2.28. The molecule has 1 aliphatic rings. The molecule has 0 N–H and O–H groups in total. The molecule has 0 saturated carbocycles. The Kier molecular flexibility index (Phi) is 2.04. The quantitative estimate of drug-likeness (QED) is 0.651. The number of aromatic nitrogens is 1. The van der Waals surface area contributed by atoms with Gasteiger partial charge in [0.2, 0.25) is 5.76 Å². The average Bonchev–Trinajstić information content (AvgIpc) is 2.72. The van der Waals surface area contributed by atoms with Crippen molar-refractivity contribution in [1.29, 1.82) is 0 Å². The Labute approximate surface area is 76.6 Å². The van der Waals surface area contributed by atoms with Crippen molar-refractivity contribution in [3.05, 3.63) is 18.4 Å². The number of oxazole rings is 1. The highest BCUT2D eigenvalue weighted by Crippen LogP contribution is 2.17. The Morgan fingerprint density at radius 1 is 1.77 bits per heavy atom. The van der Waals surface area contributed by atoms with Crippen molar-refractivity contribution in [2.75, 3.05) is 13.1 Å². The molecular formula is C9H12N2O2. The van der Waals surface area contributed by atoms with Gasteiger partial charge in [0.25, 0.3) is 5.91 Å². The number of nitrogens with zero attached hydrogens (tertiary/aromatic N) is 2. The summed E-state index contributed by atoms with van der Waals surface area (Å²) >= 11 is 0. The van der Waals surface area contributed by atoms with Crippen LogP contribution in [-0.2, 0) is 0 Å². The van der Waals surface area contributed by atoms with Crippen LogP contribution in [0, 0.1) is 5.92 Å². The van der Waals surface area contributed by atoms with E-state index in [1.54, 1.807) is 0 Å². The molecule has 2 heterocycles. The summed E-state index contributed by atoms with van der Waals surface area (Å²) in [5, 5.41) is 0. The van der Waals surface area contributed by atoms with Crippen LogP contribution in [0.25, 0.3) is 0 Å². The Hall–Kier alpha value is -1.32. The molecule has 0 spiro atoms. The van der Waals surface area contributed by atoms with Crippen LogP contribution in [0.4, 0.5) is 0 Å². The lowest BCUT2D eigenvalue weighted by molar-refractivity contribution is 0.0756. The smallest absolute Gasteiger partial charge is 0.291 e. The van der Waals surface area contributed by atoms with Gasteiger partial charge in [0.1, 0.15) is 0 Å². The molecule has 70 valence electrons. The summed E-state index contributed by atoms with van der Waals surface area (Å²) in [6.45, 7) is 3.81. The molecule has 1 aromatic heterocycles. The minimum atomic E-state index is -0.0400. The second-order valence-electron chi connectivity index (χ2n) is 3.51. The van der Waals surface area contributed by atoms with Crippen molar-refractivity contribution in [1.82, 2.24) is 9.88 Å². The van der Waals surface area contributed by atoms with E-state index in [1.165, 1.54) is 12.6 Å². The van der Waals surface area contributed by atoms with E-state index in [1.807, 2.05) is 4.90 Å². The number of likely N-dealkylation sites (tertiary alicyclic amines) is 1. The SMILES string of the molecule is CC1CCN(C(=O)c2cnco2)C1. The van der Waals surface area contributed by atoms with Crippen molar-refractivity contribution in [3.8, 4) is 0 Å². The third kappa shape index (κ3) is 1.56. The van der Waals surface area contributed by atoms with Crippen molar-refractivity contribution in [2.45, 2.75) is 13.3 Å². The summed E-state index contributed by atoms with van der Waals surface area (Å²) in [5.41, 5.74) is 0. The van der Waals surface area contributed by atoms with Gasteiger partial charge in [-0.15, -0.1) is 0 Å². The maximum Gasteiger partial charge on any atom is 0.291 e. The van der Waals surface area contributed by atoms with Crippen LogP contribution in [0.5, 0.6) is 0 Å². The molecule has 4 heteroatoms. The molecule has 0 radical (unpaired) electrons. The van der Waals surface area contributed by atoms with Gasteiger partial charge in [-0.05, 0) is 12.3 Å². The monoisotopic (exact) mass is 180 g/mol. The van der Waals surface area contributed by atoms with E-state index in [-0.39, 0.29) is 5.91 Å². The third-order valence-corrected chi connectivity index (χ3v) is 2.35. The van der Waals surface area contributed by atoms with E-state index in [0.29, 0.717) is 11.7 Å². The normalized spacial score (nSPS) is 22.2. The largest absolute Gasteiger partial charge is 0.438 e. The fraction of sp³-hybridized carbons (Fsp3) is 0.556. The zero-order valence-electron chi connectivity index (χ0n) is 7.56. The highest BCUT2D eigenvalue weighted by molar-refractivity contribution is 5.91. The van der Waals surface area contributed by atoms with Gasteiger partial charge in [0.15, 0.2) is 6.39 Å². The number of hydrogen-bond acceptors (Lipinski definition) is 3. The minimum absolute atomic E-state index is 0.0400. The molecule has 1 aromatic rings. The fourth-order valence-electron chi connectivity index (χ4n) is 1.60. The summed E-state index contributed by atoms with van der Waals surface area (Å²) in [4.78, 5) is 17.2. The maximum absolute atomic E-state index is 11.6. The molecule has 0 bridgehead atoms. The molecule has 1 atom stereocenters. The van der Waals surface area contributed by atoms with Crippen molar-refractivity contribution in [3.63, 3.8) is 0 Å². The molecule has 0 aromatic carbocycles. The standard InChI is InChI=1S/C9H12N2O2/c1-7-2-3-11(5-7)9(12)8-4-10-6-13-8/h4,6-7H,2-3,5H2,1H3. The fourth-order valence-corrected chi connectivity index (χ4v) is 1.60. The molecule has 1 unspecified atom stereocenters. The number of rotatable bonds is 1. The predicted molar refractivity (Wildman–Crippen MR) is 46.2 cm³/mol. The van der Waals surface area contributed by atoms with Crippen molar-refractivity contribution in [2.24, 2.45) is 5.92 Å². The summed E-state index contributed by atoms with van der Waals surface area (Å²) in [6, 6.07) is 0. The maximum atomic E-state index is 11.6. The summed E-state index contributed by atoms with van der Waals surface area (Å²) in [7, 11) is 0. The average molecular weight is 180 g/mol. The van der Waals surface area contributed by atoms with Crippen LogP contribution in [0.3, 0.4) is 0 Å². The van der Waals surface area contributed by atoms with Crippen LogP contribution in [0.15, 0.2) is 17.0 Å². The predicted octanol–water partition coefficient (Wildman–Crippen LogP) is 1.16. The van der Waals surface area contributed by atoms with Crippen LogP contribution in [0.2, 0.25) is 0 Å². The second kappa shape index (κ2) is 3.20. The van der Waals surface area contributed by atoms with Gasteiger partial charge in [-0.25, -0.2) is 4.98 Å². The molecule has 1 saturated heterocycles. The molecule has 0 aliphatic carbocycles. The van der Waals surface area contributed by atoms with Gasteiger partial charge >= 0.3 is 0 Å². The third-order valence-electron chi connectivity index (χ3n) is 2.35. The van der Waals surface area contributed by atoms with E-state index in [9.17, 15) is 4.79 Å². The van der Waals surface area contributed by atoms with E-state index in [2.05, 4.69) is 11.9 Å². The lowest BCUT2D eigenvalue weighted by Gasteiger charge is -2.12. The first kappa shape index (κ1) is 8.29. The van der Waals surface area contributed by atoms with Crippen LogP contribution >= 0.6 is 0 Å². The topological polar surface area (TPSA) is 46.3 Å². The first-order valence-electron chi connectivity index (χ1n) is 4.45. The lowest BCUT2D eigenvalue weighted by atomic mass is 10.2. The minimum Gasteiger partial charge on any atom is -0.438 e. The number of hydrogen-bond donors (Lipinski definition) is 0. The van der Waals surface area contributed by atoms with Gasteiger partial charge < -0.3 is 9.32 Å². The van der Waals surface area contributed by atoms with Crippen LogP contribution < -0.4 is 0 Å². The van der Waals surface area contributed by atoms with Gasteiger partial charge in [0, 0.05) is 13.1 Å². The van der Waals surface area contributed by atoms with Gasteiger partial charge in [-0.1, -0.05) is 6.92 Å². The highest BCUT2D eigenvalue weighted by Gasteiger charge is 2.25. The number of carbonyl (C=O) groups is 1. The molecule has 1 fully saturated rings. The van der Waals surface area contributed by atoms with Crippen molar-refractivity contribution < 1.29 is 9.21 Å². The van der Waals surface area contributed by atoms with Gasteiger partial charge in [-0.2, -0.15) is 0 Å². The molecule has 13 heavy (non-hydrogen) atoms. The zero-order chi connectivity index (χ0) is 9.26. The van der Waals surface area contributed by atoms with Gasteiger partial charge in [-0.3, -0.25) is 4.79 Å². The highest BCUT2D eigenvalue weighted by atomic mass is 16.3. The van der Waals surface area contributed by atoms with Crippen LogP contribution in [0.1, 0.15) is 23.9 Å². The van der Waals surface area contributed by atoms with E-state index in [0.717, 1.165) is 19.5 Å². The van der Waals surface area contributed by atoms with Crippen LogP contribution in [-0.4, -0.2) is 28.9 Å². The Morgan fingerprint density at radius 3 is 3.15 bits per heavy atom. The number of amides is 1. The zero-order valence-corrected chi connectivity index (χ0v) is 7.56. The van der Waals surface area contributed by atoms with E-state index < -0.39 is 0 Å². The Balaban J connectivity index is 2.06. The first-order valence-corrected chi connectivity index (χ1v) is 4.45. The summed E-state index contributed by atoms with van der Waals surface area (Å²) in [6.07, 6.45) is 3.83. The first-order chi connectivity index (χ1) is 6.27. The molecule has 1 aliphatic heterocycles. The molecular weight excluding hydrogens is 168 g/mol. The molecule has 4 nitrogen and oxygen atoms in total. The summed E-state index contributed by atoms with van der Waals surface area (Å²) in [5.74, 6) is 0.905. The van der Waals surface area contributed by atoms with Crippen molar-refractivity contribution >= 4 is 5.91 Å².